The van der Waals surface area contributed by atoms with E-state index in [1.54, 1.807) is 0 Å². The van der Waals surface area contributed by atoms with Crippen molar-refractivity contribution in [1.82, 2.24) is 0 Å². The summed E-state index contributed by atoms with van der Waals surface area (Å²) in [5.74, 6) is -1.01. The van der Waals surface area contributed by atoms with Gasteiger partial charge in [0.1, 0.15) is 10.7 Å². The number of sulfonamides is 1. The molecule has 0 aliphatic carbocycles. The number of hydrogen-bond donors (Lipinski definition) is 2. The minimum Gasteiger partial charge on any atom is -0.398 e. The molecule has 0 fully saturated rings. The van der Waals surface area contributed by atoms with Gasteiger partial charge in [-0.3, -0.25) is 4.72 Å². The molecule has 0 radical (unpaired) electrons. The summed E-state index contributed by atoms with van der Waals surface area (Å²) in [6.07, 6.45) is -4.73. The lowest BCUT2D eigenvalue weighted by Crippen LogP contribution is -2.16. The minimum absolute atomic E-state index is 0.371. The fourth-order valence-corrected chi connectivity index (χ4v) is 2.87. The van der Waals surface area contributed by atoms with Gasteiger partial charge in [-0.15, -0.1) is 0 Å². The van der Waals surface area contributed by atoms with Gasteiger partial charge in [-0.1, -0.05) is 12.1 Å². The summed E-state index contributed by atoms with van der Waals surface area (Å²) in [4.78, 5) is -0.666. The van der Waals surface area contributed by atoms with Gasteiger partial charge in [0.05, 0.1) is 5.56 Å². The van der Waals surface area contributed by atoms with E-state index in [9.17, 15) is 26.0 Å². The Kier molecular flexibility index (Phi) is 4.01. The number of nitrogens with two attached hydrogens (primary N) is 1. The highest BCUT2D eigenvalue weighted by molar-refractivity contribution is 7.92. The Morgan fingerprint density at radius 3 is 2.27 bits per heavy atom. The van der Waals surface area contributed by atoms with Crippen molar-refractivity contribution in [2.24, 2.45) is 0 Å². The first-order chi connectivity index (χ1) is 10.1. The summed E-state index contributed by atoms with van der Waals surface area (Å²) < 4.78 is 77.6. The number of hydrogen-bond acceptors (Lipinski definition) is 3. The van der Waals surface area contributed by atoms with Crippen molar-refractivity contribution in [3.8, 4) is 0 Å². The zero-order valence-electron chi connectivity index (χ0n) is 10.9. The van der Waals surface area contributed by atoms with E-state index in [2.05, 4.69) is 0 Å². The molecule has 0 bridgehead atoms. The van der Waals surface area contributed by atoms with Crippen LogP contribution in [-0.4, -0.2) is 8.42 Å². The minimum atomic E-state index is -4.73. The fourth-order valence-electron chi connectivity index (χ4n) is 1.74. The predicted molar refractivity (Wildman–Crippen MR) is 73.1 cm³/mol. The van der Waals surface area contributed by atoms with E-state index in [0.717, 1.165) is 24.3 Å². The molecule has 3 N–H and O–H groups in total. The molecule has 22 heavy (non-hydrogen) atoms. The SMILES string of the molecule is Nc1ccc(NS(=O)(=O)c2ccccc2F)cc1C(F)(F)F. The van der Waals surface area contributed by atoms with Gasteiger partial charge in [0, 0.05) is 11.4 Å². The Hall–Kier alpha value is -2.29. The second-order valence-electron chi connectivity index (χ2n) is 4.34. The maximum absolute atomic E-state index is 13.5. The van der Waals surface area contributed by atoms with Crippen LogP contribution < -0.4 is 10.5 Å². The van der Waals surface area contributed by atoms with Crippen LogP contribution in [0.3, 0.4) is 0 Å². The predicted octanol–water partition coefficient (Wildman–Crippen LogP) is 3.23. The van der Waals surface area contributed by atoms with Crippen molar-refractivity contribution in [2.75, 3.05) is 10.5 Å². The van der Waals surface area contributed by atoms with E-state index >= 15 is 0 Å². The summed E-state index contributed by atoms with van der Waals surface area (Å²) in [7, 11) is -4.35. The zero-order valence-corrected chi connectivity index (χ0v) is 11.7. The molecule has 118 valence electrons. The number of benzene rings is 2. The number of nitrogens with one attached hydrogen (secondary N) is 1. The van der Waals surface area contributed by atoms with Crippen LogP contribution in [-0.2, 0) is 16.2 Å². The largest absolute Gasteiger partial charge is 0.418 e. The van der Waals surface area contributed by atoms with Crippen molar-refractivity contribution in [3.05, 3.63) is 53.8 Å². The Morgan fingerprint density at radius 1 is 1.05 bits per heavy atom. The number of anilines is 2. The summed E-state index contributed by atoms with van der Waals surface area (Å²) in [5, 5.41) is 0. The first-order valence-corrected chi connectivity index (χ1v) is 7.33. The van der Waals surface area contributed by atoms with Crippen LogP contribution in [0.4, 0.5) is 28.9 Å². The molecule has 4 nitrogen and oxygen atoms in total. The first-order valence-electron chi connectivity index (χ1n) is 5.85. The fraction of sp³-hybridized carbons (Fsp3) is 0.0769. The number of alkyl halides is 3. The standard InChI is InChI=1S/C13H10F4N2O2S/c14-10-3-1-2-4-12(10)22(20,21)19-8-5-6-11(18)9(7-8)13(15,16)17/h1-7,19H,18H2. The Morgan fingerprint density at radius 2 is 1.68 bits per heavy atom. The van der Waals surface area contributed by atoms with Crippen LogP contribution in [0.25, 0.3) is 0 Å². The third-order valence-corrected chi connectivity index (χ3v) is 4.15. The second kappa shape index (κ2) is 5.48. The van der Waals surface area contributed by atoms with Crippen molar-refractivity contribution in [1.29, 1.82) is 0 Å². The Balaban J connectivity index is 2.41. The number of halogens is 4. The zero-order chi connectivity index (χ0) is 16.5. The molecule has 0 aliphatic rings. The Labute approximate surface area is 123 Å². The lowest BCUT2D eigenvalue weighted by atomic mass is 10.1. The third kappa shape index (κ3) is 3.30. The first kappa shape index (κ1) is 16.1. The maximum atomic E-state index is 13.5. The van der Waals surface area contributed by atoms with Gasteiger partial charge >= 0.3 is 6.18 Å². The lowest BCUT2D eigenvalue weighted by molar-refractivity contribution is -0.136. The van der Waals surface area contributed by atoms with Gasteiger partial charge in [-0.25, -0.2) is 12.8 Å². The van der Waals surface area contributed by atoms with E-state index < -0.39 is 38.2 Å². The average Bonchev–Trinajstić information content (AvgIpc) is 2.39. The topological polar surface area (TPSA) is 72.2 Å². The highest BCUT2D eigenvalue weighted by Crippen LogP contribution is 2.35. The van der Waals surface area contributed by atoms with Gasteiger partial charge in [-0.2, -0.15) is 13.2 Å². The second-order valence-corrected chi connectivity index (χ2v) is 5.99. The van der Waals surface area contributed by atoms with E-state index in [0.29, 0.717) is 6.07 Å². The molecule has 0 saturated heterocycles. The van der Waals surface area contributed by atoms with Gasteiger partial charge in [0.25, 0.3) is 10.0 Å². The van der Waals surface area contributed by atoms with E-state index in [1.165, 1.54) is 12.1 Å². The summed E-state index contributed by atoms with van der Waals surface area (Å²) in [6, 6.07) is 7.04. The molecule has 0 spiro atoms. The lowest BCUT2D eigenvalue weighted by Gasteiger charge is -2.13. The molecule has 0 amide bonds. The molecule has 0 unspecified atom stereocenters. The monoisotopic (exact) mass is 334 g/mol. The molecule has 0 aromatic heterocycles. The van der Waals surface area contributed by atoms with Crippen molar-refractivity contribution in [3.63, 3.8) is 0 Å². The van der Waals surface area contributed by atoms with Gasteiger partial charge in [0.15, 0.2) is 0 Å². The molecule has 0 aliphatic heterocycles. The summed E-state index contributed by atoms with van der Waals surface area (Å²) >= 11 is 0. The highest BCUT2D eigenvalue weighted by atomic mass is 32.2. The summed E-state index contributed by atoms with van der Waals surface area (Å²) in [6.45, 7) is 0. The molecular weight excluding hydrogens is 324 g/mol. The quantitative estimate of drug-likeness (QED) is 0.669. The van der Waals surface area contributed by atoms with Gasteiger partial charge in [0.2, 0.25) is 0 Å². The molecule has 2 aromatic carbocycles. The Bertz CT molecular complexity index is 804. The molecule has 2 aromatic rings. The van der Waals surface area contributed by atoms with Crippen molar-refractivity contribution >= 4 is 21.4 Å². The van der Waals surface area contributed by atoms with Crippen LogP contribution in [0.15, 0.2) is 47.4 Å². The maximum Gasteiger partial charge on any atom is 0.418 e. The van der Waals surface area contributed by atoms with Crippen LogP contribution in [0, 0.1) is 5.82 Å². The van der Waals surface area contributed by atoms with Crippen LogP contribution >= 0.6 is 0 Å². The van der Waals surface area contributed by atoms with Crippen LogP contribution in [0.1, 0.15) is 5.56 Å². The molecule has 0 heterocycles. The summed E-state index contributed by atoms with van der Waals surface area (Å²) in [5.41, 5.74) is 3.13. The van der Waals surface area contributed by atoms with E-state index in [4.69, 9.17) is 5.73 Å². The average molecular weight is 334 g/mol. The third-order valence-electron chi connectivity index (χ3n) is 2.74. The number of rotatable bonds is 3. The van der Waals surface area contributed by atoms with Gasteiger partial charge < -0.3 is 5.73 Å². The molecule has 0 atom stereocenters. The molecule has 9 heteroatoms. The highest BCUT2D eigenvalue weighted by Gasteiger charge is 2.33. The van der Waals surface area contributed by atoms with E-state index in [-0.39, 0.29) is 5.69 Å². The smallest absolute Gasteiger partial charge is 0.398 e. The van der Waals surface area contributed by atoms with Gasteiger partial charge in [-0.05, 0) is 30.3 Å². The van der Waals surface area contributed by atoms with Crippen LogP contribution in [0.5, 0.6) is 0 Å². The molecule has 0 saturated carbocycles. The normalized spacial score (nSPS) is 12.2. The molecule has 2 rings (SSSR count). The van der Waals surface area contributed by atoms with Crippen molar-refractivity contribution in [2.45, 2.75) is 11.1 Å². The number of nitrogen functional groups attached to an aromatic ring is 1. The molecular formula is C13H10F4N2O2S. The van der Waals surface area contributed by atoms with Crippen molar-refractivity contribution < 1.29 is 26.0 Å². The van der Waals surface area contributed by atoms with Crippen LogP contribution in [0.2, 0.25) is 0 Å². The van der Waals surface area contributed by atoms with E-state index in [1.807, 2.05) is 4.72 Å².